The van der Waals surface area contributed by atoms with Crippen LogP contribution in [0.15, 0.2) is 53.0 Å². The highest BCUT2D eigenvalue weighted by Gasteiger charge is 2.20. The maximum absolute atomic E-state index is 12.3. The predicted octanol–water partition coefficient (Wildman–Crippen LogP) is 2.69. The van der Waals surface area contributed by atoms with Crippen LogP contribution < -0.4 is 5.32 Å². The van der Waals surface area contributed by atoms with Gasteiger partial charge in [-0.2, -0.15) is 0 Å². The largest absolute Gasteiger partial charge is 0.347 e. The van der Waals surface area contributed by atoms with E-state index in [1.807, 2.05) is 41.3 Å². The minimum absolute atomic E-state index is 0.0351. The molecule has 0 fully saturated rings. The number of fused-ring (bicyclic) bond motifs is 1. The van der Waals surface area contributed by atoms with Gasteiger partial charge in [0, 0.05) is 17.6 Å². The molecule has 1 heterocycles. The smallest absolute Gasteiger partial charge is 0.242 e. The number of halogens is 1. The maximum Gasteiger partial charge on any atom is 0.242 e. The van der Waals surface area contributed by atoms with E-state index < -0.39 is 0 Å². The minimum atomic E-state index is -0.140. The molecule has 0 saturated heterocycles. The number of nitrogens with zero attached hydrogens (tertiary/aromatic N) is 1. The second-order valence-electron chi connectivity index (χ2n) is 5.92. The summed E-state index contributed by atoms with van der Waals surface area (Å²) in [6, 6.07) is 15.8. The Labute approximate surface area is 150 Å². The normalized spacial score (nSPS) is 13.3. The van der Waals surface area contributed by atoms with Crippen molar-refractivity contribution in [1.82, 2.24) is 10.2 Å². The van der Waals surface area contributed by atoms with Crippen LogP contribution in [-0.2, 0) is 29.0 Å². The molecule has 1 N–H and O–H groups in total. The van der Waals surface area contributed by atoms with Gasteiger partial charge in [0.2, 0.25) is 11.8 Å². The molecule has 0 unspecified atom stereocenters. The van der Waals surface area contributed by atoms with Crippen molar-refractivity contribution in [3.05, 3.63) is 69.7 Å². The van der Waals surface area contributed by atoms with Crippen LogP contribution in [0.2, 0.25) is 0 Å². The molecule has 3 rings (SSSR count). The molecule has 24 heavy (non-hydrogen) atoms. The molecule has 2 amide bonds. The predicted molar refractivity (Wildman–Crippen MR) is 96.4 cm³/mol. The van der Waals surface area contributed by atoms with Crippen LogP contribution in [0.3, 0.4) is 0 Å². The number of amides is 2. The Morgan fingerprint density at radius 2 is 1.88 bits per heavy atom. The van der Waals surface area contributed by atoms with E-state index in [4.69, 9.17) is 0 Å². The third-order valence-corrected chi connectivity index (χ3v) is 4.67. The molecule has 0 saturated carbocycles. The summed E-state index contributed by atoms with van der Waals surface area (Å²) in [5, 5.41) is 2.73. The van der Waals surface area contributed by atoms with Crippen molar-refractivity contribution in [2.24, 2.45) is 0 Å². The standard InChI is InChI=1S/C19H19BrN2O2/c20-17-7-3-4-14(10-17)11-18(23)21-12-19(24)22-9-8-15-5-1-2-6-16(15)13-22/h1-7,10H,8-9,11-13H2,(H,21,23). The van der Waals surface area contributed by atoms with Gasteiger partial charge in [-0.15, -0.1) is 0 Å². The average Bonchev–Trinajstić information content (AvgIpc) is 2.59. The van der Waals surface area contributed by atoms with E-state index in [2.05, 4.69) is 33.4 Å². The first kappa shape index (κ1) is 16.7. The van der Waals surface area contributed by atoms with E-state index in [0.717, 1.165) is 16.5 Å². The average molecular weight is 387 g/mol. The van der Waals surface area contributed by atoms with Crippen molar-refractivity contribution < 1.29 is 9.59 Å². The first-order valence-corrected chi connectivity index (χ1v) is 8.77. The summed E-state index contributed by atoms with van der Waals surface area (Å²) in [7, 11) is 0. The van der Waals surface area contributed by atoms with Gasteiger partial charge in [-0.3, -0.25) is 9.59 Å². The number of rotatable bonds is 4. The molecule has 0 bridgehead atoms. The molecule has 0 spiro atoms. The zero-order valence-corrected chi connectivity index (χ0v) is 14.9. The van der Waals surface area contributed by atoms with Crippen LogP contribution in [0, 0.1) is 0 Å². The van der Waals surface area contributed by atoms with Gasteiger partial charge in [0.1, 0.15) is 0 Å². The Morgan fingerprint density at radius 1 is 1.08 bits per heavy atom. The van der Waals surface area contributed by atoms with Gasteiger partial charge in [0.05, 0.1) is 13.0 Å². The first-order chi connectivity index (χ1) is 11.6. The number of carbonyl (C=O) groups is 2. The molecular formula is C19H19BrN2O2. The summed E-state index contributed by atoms with van der Waals surface area (Å²) >= 11 is 3.39. The maximum atomic E-state index is 12.3. The van der Waals surface area contributed by atoms with E-state index in [0.29, 0.717) is 13.1 Å². The summed E-state index contributed by atoms with van der Waals surface area (Å²) < 4.78 is 0.941. The first-order valence-electron chi connectivity index (χ1n) is 7.97. The number of carbonyl (C=O) groups excluding carboxylic acids is 2. The van der Waals surface area contributed by atoms with Crippen LogP contribution in [0.25, 0.3) is 0 Å². The molecule has 0 radical (unpaired) electrons. The Bertz CT molecular complexity index is 761. The molecule has 0 atom stereocenters. The lowest BCUT2D eigenvalue weighted by Gasteiger charge is -2.29. The number of nitrogens with one attached hydrogen (secondary N) is 1. The van der Waals surface area contributed by atoms with Crippen molar-refractivity contribution >= 4 is 27.7 Å². The molecule has 0 aliphatic carbocycles. The summed E-state index contributed by atoms with van der Waals surface area (Å²) in [5.41, 5.74) is 3.42. The second-order valence-corrected chi connectivity index (χ2v) is 6.83. The molecule has 4 nitrogen and oxygen atoms in total. The van der Waals surface area contributed by atoms with E-state index in [-0.39, 0.29) is 24.8 Å². The highest BCUT2D eigenvalue weighted by Crippen LogP contribution is 2.18. The van der Waals surface area contributed by atoms with Gasteiger partial charge in [0.15, 0.2) is 0 Å². The zero-order valence-electron chi connectivity index (χ0n) is 13.3. The fourth-order valence-electron chi connectivity index (χ4n) is 2.89. The van der Waals surface area contributed by atoms with Gasteiger partial charge < -0.3 is 10.2 Å². The molecule has 5 heteroatoms. The molecule has 1 aliphatic heterocycles. The SMILES string of the molecule is O=C(Cc1cccc(Br)c1)NCC(=O)N1CCc2ccccc2C1. The van der Waals surface area contributed by atoms with Gasteiger partial charge in [-0.25, -0.2) is 0 Å². The van der Waals surface area contributed by atoms with Gasteiger partial charge in [-0.1, -0.05) is 52.3 Å². The molecule has 1 aliphatic rings. The van der Waals surface area contributed by atoms with Crippen molar-refractivity contribution in [3.63, 3.8) is 0 Å². The third-order valence-electron chi connectivity index (χ3n) is 4.17. The fraction of sp³-hybridized carbons (Fsp3) is 0.263. The van der Waals surface area contributed by atoms with Crippen LogP contribution in [0.4, 0.5) is 0 Å². The molecule has 124 valence electrons. The fourth-order valence-corrected chi connectivity index (χ4v) is 3.34. The second kappa shape index (κ2) is 7.62. The summed E-state index contributed by atoms with van der Waals surface area (Å²) in [5.74, 6) is -0.175. The third kappa shape index (κ3) is 4.23. The molecule has 0 aromatic heterocycles. The van der Waals surface area contributed by atoms with Crippen LogP contribution in [-0.4, -0.2) is 29.8 Å². The molecule has 2 aromatic carbocycles. The van der Waals surface area contributed by atoms with Crippen molar-refractivity contribution in [3.8, 4) is 0 Å². The summed E-state index contributed by atoms with van der Waals surface area (Å²) in [4.78, 5) is 26.1. The Hall–Kier alpha value is -2.14. The Morgan fingerprint density at radius 3 is 2.67 bits per heavy atom. The molecule has 2 aromatic rings. The van der Waals surface area contributed by atoms with Crippen molar-refractivity contribution in [2.75, 3.05) is 13.1 Å². The van der Waals surface area contributed by atoms with Crippen LogP contribution >= 0.6 is 15.9 Å². The number of benzene rings is 2. The van der Waals surface area contributed by atoms with Gasteiger partial charge >= 0.3 is 0 Å². The lowest BCUT2D eigenvalue weighted by Crippen LogP contribution is -2.42. The minimum Gasteiger partial charge on any atom is -0.347 e. The highest BCUT2D eigenvalue weighted by molar-refractivity contribution is 9.10. The summed E-state index contributed by atoms with van der Waals surface area (Å²) in [6.07, 6.45) is 1.14. The van der Waals surface area contributed by atoms with E-state index >= 15 is 0 Å². The zero-order chi connectivity index (χ0) is 16.9. The Kier molecular flexibility index (Phi) is 5.30. The van der Waals surface area contributed by atoms with Crippen molar-refractivity contribution in [1.29, 1.82) is 0 Å². The monoisotopic (exact) mass is 386 g/mol. The lowest BCUT2D eigenvalue weighted by atomic mass is 10.00. The van der Waals surface area contributed by atoms with E-state index in [9.17, 15) is 9.59 Å². The van der Waals surface area contributed by atoms with E-state index in [1.165, 1.54) is 11.1 Å². The number of hydrogen-bond donors (Lipinski definition) is 1. The van der Waals surface area contributed by atoms with Gasteiger partial charge in [-0.05, 0) is 35.2 Å². The van der Waals surface area contributed by atoms with Crippen LogP contribution in [0.1, 0.15) is 16.7 Å². The Balaban J connectivity index is 1.50. The topological polar surface area (TPSA) is 49.4 Å². The van der Waals surface area contributed by atoms with Crippen molar-refractivity contribution in [2.45, 2.75) is 19.4 Å². The highest BCUT2D eigenvalue weighted by atomic mass is 79.9. The van der Waals surface area contributed by atoms with E-state index in [1.54, 1.807) is 0 Å². The van der Waals surface area contributed by atoms with Crippen LogP contribution in [0.5, 0.6) is 0 Å². The molecular weight excluding hydrogens is 368 g/mol. The number of hydrogen-bond acceptors (Lipinski definition) is 2. The quantitative estimate of drug-likeness (QED) is 0.877. The lowest BCUT2D eigenvalue weighted by molar-refractivity contribution is -0.133. The summed E-state index contributed by atoms with van der Waals surface area (Å²) in [6.45, 7) is 1.38. The van der Waals surface area contributed by atoms with Gasteiger partial charge in [0.25, 0.3) is 0 Å².